The first kappa shape index (κ1) is 33.6. The van der Waals surface area contributed by atoms with Crippen LogP contribution in [0.25, 0.3) is 99.9 Å². The van der Waals surface area contributed by atoms with Gasteiger partial charge < -0.3 is 13.6 Å². The number of fused-ring (bicyclic) bond motifs is 11. The summed E-state index contributed by atoms with van der Waals surface area (Å²) in [5.41, 5.74) is 17.6. The molecule has 0 fully saturated rings. The Balaban J connectivity index is 1.28. The Kier molecular flexibility index (Phi) is 7.70. The Morgan fingerprint density at radius 1 is 0.586 bits per heavy atom. The molecule has 4 heteroatoms. The van der Waals surface area contributed by atoms with Crippen LogP contribution in [0.5, 0.6) is 0 Å². The summed E-state index contributed by atoms with van der Waals surface area (Å²) in [6.45, 7) is 2.38. The molecule has 0 saturated carbocycles. The first-order chi connectivity index (χ1) is 28.7. The molecular weight excluding hydrogens is 820 g/mol. The van der Waals surface area contributed by atoms with Crippen LogP contribution in [0, 0.1) is 0 Å². The number of para-hydroxylation sites is 2. The molecule has 1 aliphatic heterocycles. The van der Waals surface area contributed by atoms with Gasteiger partial charge in [0.1, 0.15) is 11.2 Å². The number of aromatic nitrogens is 2. The summed E-state index contributed by atoms with van der Waals surface area (Å²) >= 11 is -0.0777. The maximum atomic E-state index is 7.53. The minimum Gasteiger partial charge on any atom is -0.455 e. The van der Waals surface area contributed by atoms with E-state index >= 15 is 0 Å². The molecule has 2 aliphatic rings. The molecule has 3 aromatic heterocycles. The third kappa shape index (κ3) is 5.01. The second-order valence-electron chi connectivity index (χ2n) is 15.5. The Hall–Kier alpha value is -6.50. The summed E-state index contributed by atoms with van der Waals surface area (Å²) in [5, 5.41) is 5.81. The second kappa shape index (κ2) is 13.3. The normalized spacial score (nSPS) is 15.1. The summed E-state index contributed by atoms with van der Waals surface area (Å²) in [5.74, 6) is 0.304. The standard InChI is InChI=1S/C54H37IN2O/c1-34-16-13-28-47-48(34)50-52(57(47)40-25-14-21-37(30-40)38-22-15-29-55-33-38)43(36-19-7-3-8-20-36)32-45-44-31-42(35-17-5-2-6-18-35)51-49(53(44)58-54(45)50)41-26-11-12-27-46(41)56(51)39-23-9-4-10-24-39/h2-15,17-34H,16H2,1H3. The van der Waals surface area contributed by atoms with Gasteiger partial charge in [-0.1, -0.05) is 155 Å². The van der Waals surface area contributed by atoms with E-state index in [0.717, 1.165) is 56.2 Å². The average molecular weight is 857 g/mol. The van der Waals surface area contributed by atoms with E-state index in [1.54, 1.807) is 0 Å². The van der Waals surface area contributed by atoms with Crippen molar-refractivity contribution in [3.63, 3.8) is 0 Å². The highest BCUT2D eigenvalue weighted by Gasteiger charge is 2.31. The monoisotopic (exact) mass is 856 g/mol. The number of allylic oxidation sites excluding steroid dienone is 4. The first-order valence-corrected chi connectivity index (χ1v) is 22.5. The van der Waals surface area contributed by atoms with Crippen molar-refractivity contribution >= 4 is 91.0 Å². The molecule has 0 bridgehead atoms. The summed E-state index contributed by atoms with van der Waals surface area (Å²) in [4.78, 5) is 0. The van der Waals surface area contributed by atoms with Crippen molar-refractivity contribution in [2.75, 3.05) is 0 Å². The highest BCUT2D eigenvalue weighted by molar-refractivity contribution is 14.2. The summed E-state index contributed by atoms with van der Waals surface area (Å²) < 4.78 is 17.2. The number of hydrogen-bond acceptors (Lipinski definition) is 1. The van der Waals surface area contributed by atoms with E-state index in [-0.39, 0.29) is 20.7 Å². The number of benzene rings is 7. The molecule has 0 N–H and O–H groups in total. The molecule has 1 unspecified atom stereocenters. The fourth-order valence-corrected chi connectivity index (χ4v) is 11.2. The Bertz CT molecular complexity index is 3410. The number of furan rings is 1. The van der Waals surface area contributed by atoms with Gasteiger partial charge in [0.15, 0.2) is 0 Å². The van der Waals surface area contributed by atoms with Gasteiger partial charge in [0.05, 0.1) is 27.6 Å². The van der Waals surface area contributed by atoms with Crippen LogP contribution in [0.1, 0.15) is 36.1 Å². The number of rotatable bonds is 5. The number of hydrogen-bond donors (Lipinski definition) is 0. The Morgan fingerprint density at radius 3 is 1.91 bits per heavy atom. The molecule has 1 atom stereocenters. The van der Waals surface area contributed by atoms with Crippen molar-refractivity contribution in [1.29, 1.82) is 0 Å². The Labute approximate surface area is 346 Å². The van der Waals surface area contributed by atoms with Gasteiger partial charge in [0.25, 0.3) is 0 Å². The molecule has 0 spiro atoms. The Morgan fingerprint density at radius 2 is 1.21 bits per heavy atom. The lowest BCUT2D eigenvalue weighted by Gasteiger charge is -2.17. The maximum absolute atomic E-state index is 7.53. The molecule has 58 heavy (non-hydrogen) atoms. The fourth-order valence-electron chi connectivity index (χ4n) is 9.62. The van der Waals surface area contributed by atoms with Crippen LogP contribution in [-0.4, -0.2) is 13.1 Å². The molecule has 0 amide bonds. The maximum Gasteiger partial charge on any atom is 0.145 e. The molecule has 3 nitrogen and oxygen atoms in total. The smallest absolute Gasteiger partial charge is 0.145 e. The van der Waals surface area contributed by atoms with Crippen LogP contribution in [0.3, 0.4) is 0 Å². The molecule has 1 aliphatic carbocycles. The lowest BCUT2D eigenvalue weighted by molar-refractivity contribution is 0.675. The fraction of sp³-hybridized carbons (Fsp3) is 0.0556. The van der Waals surface area contributed by atoms with Crippen molar-refractivity contribution in [2.45, 2.75) is 19.3 Å². The van der Waals surface area contributed by atoms with Crippen molar-refractivity contribution in [3.05, 3.63) is 191 Å². The van der Waals surface area contributed by atoms with E-state index in [1.165, 1.54) is 60.9 Å². The van der Waals surface area contributed by atoms with Crippen LogP contribution in [0.2, 0.25) is 0 Å². The van der Waals surface area contributed by atoms with Crippen molar-refractivity contribution in [1.82, 2.24) is 9.13 Å². The van der Waals surface area contributed by atoms with E-state index in [0.29, 0.717) is 5.92 Å². The molecule has 4 heterocycles. The molecule has 0 radical (unpaired) electrons. The van der Waals surface area contributed by atoms with E-state index in [2.05, 4.69) is 200 Å². The largest absolute Gasteiger partial charge is 0.455 e. The van der Waals surface area contributed by atoms with Gasteiger partial charge in [-0.3, -0.25) is 0 Å². The van der Waals surface area contributed by atoms with Gasteiger partial charge in [-0.05, 0) is 96.8 Å². The quantitative estimate of drug-likeness (QED) is 0.158. The predicted octanol–water partition coefficient (Wildman–Crippen LogP) is 15.2. The molecule has 0 saturated heterocycles. The van der Waals surface area contributed by atoms with Crippen LogP contribution in [-0.2, 0) is 0 Å². The molecule has 7 aromatic carbocycles. The van der Waals surface area contributed by atoms with Gasteiger partial charge in [-0.25, -0.2) is 0 Å². The van der Waals surface area contributed by atoms with Crippen LogP contribution >= 0.6 is 20.7 Å². The number of nitrogens with zero attached hydrogens (tertiary/aromatic N) is 2. The first-order valence-electron chi connectivity index (χ1n) is 20.0. The van der Waals surface area contributed by atoms with Gasteiger partial charge >= 0.3 is 0 Å². The van der Waals surface area contributed by atoms with Crippen LogP contribution in [0.15, 0.2) is 178 Å². The van der Waals surface area contributed by atoms with Crippen molar-refractivity contribution in [3.8, 4) is 33.6 Å². The molecule has 10 aromatic rings. The van der Waals surface area contributed by atoms with E-state index in [1.807, 2.05) is 0 Å². The SMILES string of the molecule is CC1CC=Cc2c1c1c3oc4c(cc(-c5ccccc5)c5c4c4ccccc4n5-c4ccccc4)c3cc(-c3ccccc3)c1n2-c1cccc(C2=CC=CI=C2)c1. The zero-order valence-corrected chi connectivity index (χ0v) is 34.0. The lowest BCUT2D eigenvalue weighted by Crippen LogP contribution is -2.03. The summed E-state index contributed by atoms with van der Waals surface area (Å²) in [7, 11) is 0. The zero-order chi connectivity index (χ0) is 38.3. The van der Waals surface area contributed by atoms with Gasteiger partial charge in [0.2, 0.25) is 0 Å². The molecule has 12 rings (SSSR count). The highest BCUT2D eigenvalue weighted by atomic mass is 127. The topological polar surface area (TPSA) is 23.0 Å². The van der Waals surface area contributed by atoms with E-state index < -0.39 is 0 Å². The highest BCUT2D eigenvalue weighted by Crippen LogP contribution is 2.51. The van der Waals surface area contributed by atoms with E-state index in [4.69, 9.17) is 4.42 Å². The van der Waals surface area contributed by atoms with Gasteiger partial charge in [-0.15, -0.1) is 0 Å². The second-order valence-corrected chi connectivity index (χ2v) is 17.5. The molecule has 276 valence electrons. The van der Waals surface area contributed by atoms with Gasteiger partial charge in [-0.2, -0.15) is 0 Å². The average Bonchev–Trinajstić information content (AvgIpc) is 3.96. The summed E-state index contributed by atoms with van der Waals surface area (Å²) in [6.07, 6.45) is 10.2. The minimum atomic E-state index is -0.0777. The van der Waals surface area contributed by atoms with Crippen LogP contribution in [0.4, 0.5) is 0 Å². The van der Waals surface area contributed by atoms with Crippen molar-refractivity contribution < 1.29 is 4.42 Å². The van der Waals surface area contributed by atoms with Gasteiger partial charge in [0, 0.05) is 44.0 Å². The van der Waals surface area contributed by atoms with E-state index in [9.17, 15) is 0 Å². The lowest BCUT2D eigenvalue weighted by atomic mass is 9.89. The molecular formula is C54H37IN2O. The van der Waals surface area contributed by atoms with Crippen LogP contribution < -0.4 is 0 Å². The summed E-state index contributed by atoms with van der Waals surface area (Å²) in [6, 6.07) is 55.3. The third-order valence-corrected chi connectivity index (χ3v) is 14.0. The minimum absolute atomic E-state index is 0.0777. The predicted molar refractivity (Wildman–Crippen MR) is 255 cm³/mol. The number of halogens is 1. The zero-order valence-electron chi connectivity index (χ0n) is 31.9. The third-order valence-electron chi connectivity index (χ3n) is 12.1. The van der Waals surface area contributed by atoms with Crippen molar-refractivity contribution in [2.24, 2.45) is 0 Å².